The highest BCUT2D eigenvalue weighted by atomic mass is 35.5. The Balaban J connectivity index is 1.29. The lowest BCUT2D eigenvalue weighted by molar-refractivity contribution is -0.132. The molecule has 246 valence electrons. The molecule has 0 bridgehead atoms. The molecule has 0 unspecified atom stereocenters. The molecular weight excluding hydrogens is 604 g/mol. The number of β-amino-alcohol motifs (C(OH)–C–C–N with tert-alkyl or cyclic N) is 1. The molecule has 0 saturated carbocycles. The molecule has 1 fully saturated rings. The smallest absolute Gasteiger partial charge is 0.239 e. The van der Waals surface area contributed by atoms with Gasteiger partial charge in [-0.1, -0.05) is 35.9 Å². The molecule has 3 heterocycles. The first-order chi connectivity index (χ1) is 22.0. The van der Waals surface area contributed by atoms with Crippen molar-refractivity contribution < 1.29 is 19.8 Å². The lowest BCUT2D eigenvalue weighted by Crippen LogP contribution is -2.61. The van der Waals surface area contributed by atoms with Crippen molar-refractivity contribution in [3.05, 3.63) is 94.5 Å². The molecule has 1 aromatic carbocycles. The minimum Gasteiger partial charge on any atom is -0.392 e. The van der Waals surface area contributed by atoms with Gasteiger partial charge in [0.05, 0.1) is 18.2 Å². The number of aliphatic hydroxyl groups is 2. The molecule has 3 aromatic rings. The standard InChI is InChI=1S/C35H45ClN6O4/c1-35(2,3)40-34(46)30-22-41(20-24-8-6-12-38-19-24)13-14-42(30)21-26(43)16-25(15-23-7-5-11-37-18-23)33(45)39-32-27-9-4-10-29(36)28(27)17-31(32)44/h4-12,18-19,25-26,30-32,43-44H,13-17,20-22H2,1-3H3,(H,39,45)(H,40,46)/t25-,26+,30+,31-,32+/m1/s1. The number of rotatable bonds is 11. The van der Waals surface area contributed by atoms with E-state index in [1.54, 1.807) is 24.7 Å². The Morgan fingerprint density at radius 3 is 2.43 bits per heavy atom. The summed E-state index contributed by atoms with van der Waals surface area (Å²) >= 11 is 6.38. The minimum absolute atomic E-state index is 0.0900. The predicted molar refractivity (Wildman–Crippen MR) is 177 cm³/mol. The number of halogens is 1. The lowest BCUT2D eigenvalue weighted by atomic mass is 9.92. The molecular formula is C35H45ClN6O4. The minimum atomic E-state index is -0.877. The average molecular weight is 649 g/mol. The molecule has 11 heteroatoms. The zero-order chi connectivity index (χ0) is 32.8. The summed E-state index contributed by atoms with van der Waals surface area (Å²) in [7, 11) is 0. The van der Waals surface area contributed by atoms with Crippen LogP contribution in [0.1, 0.15) is 55.5 Å². The molecule has 5 rings (SSSR count). The maximum absolute atomic E-state index is 13.8. The number of aliphatic hydroxyl groups excluding tert-OH is 2. The van der Waals surface area contributed by atoms with Gasteiger partial charge in [-0.05, 0) is 74.1 Å². The zero-order valence-electron chi connectivity index (χ0n) is 26.8. The predicted octanol–water partition coefficient (Wildman–Crippen LogP) is 2.92. The van der Waals surface area contributed by atoms with E-state index in [-0.39, 0.29) is 24.8 Å². The summed E-state index contributed by atoms with van der Waals surface area (Å²) in [5.74, 6) is -0.945. The van der Waals surface area contributed by atoms with Crippen LogP contribution >= 0.6 is 11.6 Å². The number of pyridine rings is 2. The maximum atomic E-state index is 13.8. The van der Waals surface area contributed by atoms with Gasteiger partial charge in [0, 0.05) is 80.4 Å². The summed E-state index contributed by atoms with van der Waals surface area (Å²) in [4.78, 5) is 40.1. The van der Waals surface area contributed by atoms with Crippen LogP contribution in [0.15, 0.2) is 67.3 Å². The van der Waals surface area contributed by atoms with Gasteiger partial charge >= 0.3 is 0 Å². The molecule has 0 radical (unpaired) electrons. The van der Waals surface area contributed by atoms with Gasteiger partial charge in [-0.15, -0.1) is 0 Å². The van der Waals surface area contributed by atoms with Crippen molar-refractivity contribution in [3.8, 4) is 0 Å². The Morgan fingerprint density at radius 2 is 1.76 bits per heavy atom. The summed E-state index contributed by atoms with van der Waals surface area (Å²) in [5.41, 5.74) is 3.19. The fraction of sp³-hybridized carbons (Fsp3) is 0.486. The first-order valence-electron chi connectivity index (χ1n) is 16.0. The second kappa shape index (κ2) is 15.0. The van der Waals surface area contributed by atoms with Crippen LogP contribution in [0.5, 0.6) is 0 Å². The van der Waals surface area contributed by atoms with Crippen LogP contribution in [0, 0.1) is 5.92 Å². The summed E-state index contributed by atoms with van der Waals surface area (Å²) in [5, 5.41) is 29.1. The number of carbonyl (C=O) groups is 2. The van der Waals surface area contributed by atoms with Gasteiger partial charge in [-0.3, -0.25) is 29.4 Å². The Hall–Kier alpha value is -3.41. The number of nitrogens with zero attached hydrogens (tertiary/aromatic N) is 4. The number of nitrogens with one attached hydrogen (secondary N) is 2. The number of piperazine rings is 1. The Morgan fingerprint density at radius 1 is 1.04 bits per heavy atom. The summed E-state index contributed by atoms with van der Waals surface area (Å²) < 4.78 is 0. The number of hydrogen-bond acceptors (Lipinski definition) is 8. The van der Waals surface area contributed by atoms with Gasteiger partial charge in [-0.25, -0.2) is 0 Å². The summed E-state index contributed by atoms with van der Waals surface area (Å²) in [6.45, 7) is 8.60. The van der Waals surface area contributed by atoms with Crippen molar-refractivity contribution in [1.82, 2.24) is 30.4 Å². The van der Waals surface area contributed by atoms with Crippen LogP contribution in [-0.4, -0.2) is 91.8 Å². The van der Waals surface area contributed by atoms with E-state index in [0.717, 1.165) is 28.8 Å². The Bertz CT molecular complexity index is 1470. The molecule has 10 nitrogen and oxygen atoms in total. The first kappa shape index (κ1) is 33.9. The molecule has 2 amide bonds. The number of hydrogen-bond donors (Lipinski definition) is 4. The topological polar surface area (TPSA) is 131 Å². The van der Waals surface area contributed by atoms with Crippen molar-refractivity contribution >= 4 is 23.4 Å². The number of aromatic nitrogens is 2. The van der Waals surface area contributed by atoms with Gasteiger partial charge in [0.15, 0.2) is 0 Å². The first-order valence-corrected chi connectivity index (χ1v) is 16.3. The molecule has 0 spiro atoms. The maximum Gasteiger partial charge on any atom is 0.239 e. The van der Waals surface area contributed by atoms with Crippen molar-refractivity contribution in [2.45, 2.75) is 76.4 Å². The third kappa shape index (κ3) is 8.89. The molecule has 4 N–H and O–H groups in total. The molecule has 5 atom stereocenters. The van der Waals surface area contributed by atoms with Crippen molar-refractivity contribution in [1.29, 1.82) is 0 Å². The summed E-state index contributed by atoms with van der Waals surface area (Å²) in [6.07, 6.45) is 6.22. The van der Waals surface area contributed by atoms with E-state index in [2.05, 4.69) is 25.5 Å². The van der Waals surface area contributed by atoms with E-state index in [1.165, 1.54) is 0 Å². The third-order valence-corrected chi connectivity index (χ3v) is 9.02. The highest BCUT2D eigenvalue weighted by Gasteiger charge is 2.37. The van der Waals surface area contributed by atoms with E-state index in [4.69, 9.17) is 11.6 Å². The van der Waals surface area contributed by atoms with Gasteiger partial charge < -0.3 is 20.8 Å². The Labute approximate surface area is 276 Å². The lowest BCUT2D eigenvalue weighted by Gasteiger charge is -2.42. The van der Waals surface area contributed by atoms with Crippen molar-refractivity contribution in [3.63, 3.8) is 0 Å². The van der Waals surface area contributed by atoms with Gasteiger partial charge in [0.25, 0.3) is 0 Å². The highest BCUT2D eigenvalue weighted by molar-refractivity contribution is 6.31. The number of carbonyl (C=O) groups excluding carboxylic acids is 2. The van der Waals surface area contributed by atoms with Gasteiger partial charge in [0.2, 0.25) is 11.8 Å². The van der Waals surface area contributed by atoms with E-state index < -0.39 is 35.7 Å². The molecule has 1 saturated heterocycles. The normalized spacial score (nSPS) is 21.7. The van der Waals surface area contributed by atoms with Crippen molar-refractivity contribution in [2.24, 2.45) is 5.92 Å². The fourth-order valence-electron chi connectivity index (χ4n) is 6.51. The molecule has 2 aromatic heterocycles. The third-order valence-electron chi connectivity index (χ3n) is 8.67. The van der Waals surface area contributed by atoms with E-state index in [9.17, 15) is 19.8 Å². The summed E-state index contributed by atoms with van der Waals surface area (Å²) in [6, 6.07) is 12.1. The van der Waals surface area contributed by atoms with Crippen molar-refractivity contribution in [2.75, 3.05) is 26.2 Å². The van der Waals surface area contributed by atoms with Gasteiger partial charge in [0.1, 0.15) is 6.04 Å². The van der Waals surface area contributed by atoms with Crippen LogP contribution in [0.4, 0.5) is 0 Å². The molecule has 46 heavy (non-hydrogen) atoms. The second-order valence-corrected chi connectivity index (χ2v) is 14.0. The quantitative estimate of drug-likeness (QED) is 0.250. The van der Waals surface area contributed by atoms with Crippen LogP contribution < -0.4 is 10.6 Å². The number of benzene rings is 1. The molecule has 1 aliphatic heterocycles. The van der Waals surface area contributed by atoms with Gasteiger partial charge in [-0.2, -0.15) is 0 Å². The number of fused-ring (bicyclic) bond motifs is 1. The fourth-order valence-corrected chi connectivity index (χ4v) is 6.77. The van der Waals surface area contributed by atoms with E-state index in [1.807, 2.05) is 68.3 Å². The average Bonchev–Trinajstić information content (AvgIpc) is 3.33. The van der Waals surface area contributed by atoms with Crippen LogP contribution in [0.3, 0.4) is 0 Å². The Kier molecular flexibility index (Phi) is 11.1. The number of amides is 2. The zero-order valence-corrected chi connectivity index (χ0v) is 27.5. The largest absolute Gasteiger partial charge is 0.392 e. The van der Waals surface area contributed by atoms with E-state index in [0.29, 0.717) is 37.5 Å². The highest BCUT2D eigenvalue weighted by Crippen LogP contribution is 2.36. The molecule has 1 aliphatic carbocycles. The van der Waals surface area contributed by atoms with E-state index >= 15 is 0 Å². The second-order valence-electron chi connectivity index (χ2n) is 13.6. The monoisotopic (exact) mass is 648 g/mol. The molecule has 2 aliphatic rings. The van der Waals surface area contributed by atoms with Crippen LogP contribution in [0.25, 0.3) is 0 Å². The SMILES string of the molecule is CC(C)(C)NC(=O)[C@@H]1CN(Cc2cccnc2)CCN1C[C@@H](O)C[C@@H](Cc1cccnc1)C(=O)N[C@H]1c2cccc(Cl)c2C[C@H]1O. The van der Waals surface area contributed by atoms with Crippen LogP contribution in [-0.2, 0) is 29.0 Å². The van der Waals surface area contributed by atoms with Crippen LogP contribution in [0.2, 0.25) is 5.02 Å².